The maximum atomic E-state index is 5.25. The van der Waals surface area contributed by atoms with Gasteiger partial charge in [-0.3, -0.25) is 4.90 Å². The van der Waals surface area contributed by atoms with Crippen molar-refractivity contribution >= 4 is 0 Å². The Kier molecular flexibility index (Phi) is 4.40. The molecule has 1 aliphatic heterocycles. The van der Waals surface area contributed by atoms with E-state index in [-0.39, 0.29) is 0 Å². The highest BCUT2D eigenvalue weighted by atomic mass is 16.5. The molecule has 2 rings (SSSR count). The van der Waals surface area contributed by atoms with Crippen LogP contribution in [0.5, 0.6) is 5.75 Å². The fourth-order valence-corrected chi connectivity index (χ4v) is 2.46. The first-order valence-electron chi connectivity index (χ1n) is 6.40. The van der Waals surface area contributed by atoms with Crippen LogP contribution in [0.3, 0.4) is 0 Å². The number of hydrogen-bond acceptors (Lipinski definition) is 3. The minimum Gasteiger partial charge on any atom is -0.497 e. The molecule has 0 aromatic heterocycles. The third kappa shape index (κ3) is 3.45. The molecule has 1 N–H and O–H groups in total. The normalized spacial score (nSPS) is 20.7. The first kappa shape index (κ1) is 12.4. The van der Waals surface area contributed by atoms with Crippen molar-refractivity contribution in [1.29, 1.82) is 0 Å². The van der Waals surface area contributed by atoms with E-state index in [0.29, 0.717) is 6.04 Å². The van der Waals surface area contributed by atoms with Crippen molar-refractivity contribution in [1.82, 2.24) is 10.2 Å². The molecule has 0 saturated carbocycles. The van der Waals surface area contributed by atoms with E-state index < -0.39 is 0 Å². The molecule has 17 heavy (non-hydrogen) atoms. The van der Waals surface area contributed by atoms with Gasteiger partial charge >= 0.3 is 0 Å². The molecule has 0 bridgehead atoms. The summed E-state index contributed by atoms with van der Waals surface area (Å²) >= 11 is 0. The van der Waals surface area contributed by atoms with Gasteiger partial charge in [0.2, 0.25) is 0 Å². The van der Waals surface area contributed by atoms with Gasteiger partial charge in [0, 0.05) is 25.7 Å². The summed E-state index contributed by atoms with van der Waals surface area (Å²) < 4.78 is 5.25. The van der Waals surface area contributed by atoms with Gasteiger partial charge in [-0.25, -0.2) is 0 Å². The lowest BCUT2D eigenvalue weighted by Gasteiger charge is -2.16. The second-order valence-electron chi connectivity index (χ2n) is 4.63. The monoisotopic (exact) mass is 234 g/mol. The van der Waals surface area contributed by atoms with Crippen molar-refractivity contribution in [3.8, 4) is 5.75 Å². The molecular formula is C14H22N2O. The van der Waals surface area contributed by atoms with Crippen molar-refractivity contribution in [2.45, 2.75) is 25.9 Å². The van der Waals surface area contributed by atoms with Crippen LogP contribution in [0.25, 0.3) is 0 Å². The highest BCUT2D eigenvalue weighted by Gasteiger charge is 2.21. The number of ether oxygens (including phenoxy) is 1. The van der Waals surface area contributed by atoms with Crippen molar-refractivity contribution in [3.05, 3.63) is 29.8 Å². The molecule has 1 saturated heterocycles. The first-order chi connectivity index (χ1) is 8.31. The number of likely N-dealkylation sites (tertiary alicyclic amines) is 1. The standard InChI is InChI=1S/C14H22N2O/c1-3-15-13-7-8-16(11-13)10-12-5-4-6-14(9-12)17-2/h4-6,9,13,15H,3,7-8,10-11H2,1-2H3. The van der Waals surface area contributed by atoms with E-state index >= 15 is 0 Å². The molecule has 0 radical (unpaired) electrons. The maximum absolute atomic E-state index is 5.25. The Hall–Kier alpha value is -1.06. The maximum Gasteiger partial charge on any atom is 0.119 e. The molecule has 0 spiro atoms. The quantitative estimate of drug-likeness (QED) is 0.842. The number of rotatable bonds is 5. The van der Waals surface area contributed by atoms with Crippen LogP contribution in [0.2, 0.25) is 0 Å². The van der Waals surface area contributed by atoms with Crippen molar-refractivity contribution in [3.63, 3.8) is 0 Å². The molecule has 1 fully saturated rings. The number of likely N-dealkylation sites (N-methyl/N-ethyl adjacent to an activating group) is 1. The first-order valence-corrected chi connectivity index (χ1v) is 6.40. The highest BCUT2D eigenvalue weighted by molar-refractivity contribution is 5.28. The lowest BCUT2D eigenvalue weighted by Crippen LogP contribution is -2.32. The molecule has 0 aliphatic carbocycles. The Bertz CT molecular complexity index is 354. The smallest absolute Gasteiger partial charge is 0.119 e. The van der Waals surface area contributed by atoms with Crippen LogP contribution in [-0.4, -0.2) is 37.7 Å². The second-order valence-corrected chi connectivity index (χ2v) is 4.63. The molecule has 1 atom stereocenters. The summed E-state index contributed by atoms with van der Waals surface area (Å²) in [5, 5.41) is 3.52. The zero-order chi connectivity index (χ0) is 12.1. The minimum atomic E-state index is 0.672. The van der Waals surface area contributed by atoms with Gasteiger partial charge in [0.25, 0.3) is 0 Å². The minimum absolute atomic E-state index is 0.672. The van der Waals surface area contributed by atoms with E-state index in [1.807, 2.05) is 6.07 Å². The summed E-state index contributed by atoms with van der Waals surface area (Å²) in [5.41, 5.74) is 1.33. The summed E-state index contributed by atoms with van der Waals surface area (Å²) in [5.74, 6) is 0.949. The third-order valence-electron chi connectivity index (χ3n) is 3.31. The Labute approximate surface area is 104 Å². The molecular weight excluding hydrogens is 212 g/mol. The zero-order valence-corrected chi connectivity index (χ0v) is 10.8. The topological polar surface area (TPSA) is 24.5 Å². The van der Waals surface area contributed by atoms with Crippen molar-refractivity contribution < 1.29 is 4.74 Å². The van der Waals surface area contributed by atoms with E-state index in [1.165, 1.54) is 18.5 Å². The summed E-state index contributed by atoms with van der Waals surface area (Å²) in [4.78, 5) is 2.50. The van der Waals surface area contributed by atoms with Crippen LogP contribution >= 0.6 is 0 Å². The van der Waals surface area contributed by atoms with E-state index in [1.54, 1.807) is 7.11 Å². The molecule has 0 amide bonds. The molecule has 1 aromatic rings. The predicted octanol–water partition coefficient (Wildman–Crippen LogP) is 1.88. The summed E-state index contributed by atoms with van der Waals surface area (Å²) in [7, 11) is 1.72. The molecule has 3 nitrogen and oxygen atoms in total. The fourth-order valence-electron chi connectivity index (χ4n) is 2.46. The summed E-state index contributed by atoms with van der Waals surface area (Å²) in [6, 6.07) is 9.02. The average Bonchev–Trinajstić information content (AvgIpc) is 2.77. The third-order valence-corrected chi connectivity index (χ3v) is 3.31. The van der Waals surface area contributed by atoms with E-state index in [0.717, 1.165) is 25.4 Å². The Morgan fingerprint density at radius 1 is 1.47 bits per heavy atom. The van der Waals surface area contributed by atoms with Crippen LogP contribution in [0, 0.1) is 0 Å². The second kappa shape index (κ2) is 6.03. The molecule has 1 aromatic carbocycles. The lowest BCUT2D eigenvalue weighted by molar-refractivity contribution is 0.320. The SMILES string of the molecule is CCNC1CCN(Cc2cccc(OC)c2)C1. The van der Waals surface area contributed by atoms with E-state index in [2.05, 4.69) is 35.3 Å². The largest absolute Gasteiger partial charge is 0.497 e. The van der Waals surface area contributed by atoms with Gasteiger partial charge in [0.1, 0.15) is 5.75 Å². The summed E-state index contributed by atoms with van der Waals surface area (Å²) in [6.07, 6.45) is 1.26. The number of nitrogens with one attached hydrogen (secondary N) is 1. The van der Waals surface area contributed by atoms with Crippen LogP contribution in [0.4, 0.5) is 0 Å². The van der Waals surface area contributed by atoms with Crippen LogP contribution in [-0.2, 0) is 6.54 Å². The van der Waals surface area contributed by atoms with Crippen LogP contribution < -0.4 is 10.1 Å². The molecule has 1 heterocycles. The molecule has 1 aliphatic rings. The number of nitrogens with zero attached hydrogens (tertiary/aromatic N) is 1. The average molecular weight is 234 g/mol. The van der Waals surface area contributed by atoms with Gasteiger partial charge in [-0.15, -0.1) is 0 Å². The van der Waals surface area contributed by atoms with E-state index in [9.17, 15) is 0 Å². The molecule has 3 heteroatoms. The van der Waals surface area contributed by atoms with Crippen LogP contribution in [0.1, 0.15) is 18.9 Å². The lowest BCUT2D eigenvalue weighted by atomic mass is 10.2. The number of benzene rings is 1. The Balaban J connectivity index is 1.88. The van der Waals surface area contributed by atoms with Crippen molar-refractivity contribution in [2.24, 2.45) is 0 Å². The van der Waals surface area contributed by atoms with Gasteiger partial charge in [-0.2, -0.15) is 0 Å². The van der Waals surface area contributed by atoms with Crippen LogP contribution in [0.15, 0.2) is 24.3 Å². The highest BCUT2D eigenvalue weighted by Crippen LogP contribution is 2.17. The van der Waals surface area contributed by atoms with Gasteiger partial charge in [0.15, 0.2) is 0 Å². The number of hydrogen-bond donors (Lipinski definition) is 1. The predicted molar refractivity (Wildman–Crippen MR) is 70.4 cm³/mol. The fraction of sp³-hybridized carbons (Fsp3) is 0.571. The van der Waals surface area contributed by atoms with Gasteiger partial charge < -0.3 is 10.1 Å². The summed E-state index contributed by atoms with van der Waals surface area (Å²) in [6.45, 7) is 6.61. The molecule has 94 valence electrons. The van der Waals surface area contributed by atoms with Gasteiger partial charge in [0.05, 0.1) is 7.11 Å². The number of methoxy groups -OCH3 is 1. The van der Waals surface area contributed by atoms with Gasteiger partial charge in [-0.1, -0.05) is 19.1 Å². The van der Waals surface area contributed by atoms with Crippen molar-refractivity contribution in [2.75, 3.05) is 26.7 Å². The van der Waals surface area contributed by atoms with E-state index in [4.69, 9.17) is 4.74 Å². The van der Waals surface area contributed by atoms with Gasteiger partial charge in [-0.05, 0) is 30.7 Å². The Morgan fingerprint density at radius 2 is 2.35 bits per heavy atom. The molecule has 1 unspecified atom stereocenters. The Morgan fingerprint density at radius 3 is 3.12 bits per heavy atom. The zero-order valence-electron chi connectivity index (χ0n) is 10.8.